The van der Waals surface area contributed by atoms with Crippen LogP contribution < -0.4 is 0 Å². The second kappa shape index (κ2) is 4.68. The zero-order valence-corrected chi connectivity index (χ0v) is 10.9. The van der Waals surface area contributed by atoms with Crippen LogP contribution in [-0.4, -0.2) is 18.2 Å². The molecule has 2 aromatic rings. The van der Waals surface area contributed by atoms with Crippen LogP contribution in [0.1, 0.15) is 5.56 Å². The Morgan fingerprint density at radius 2 is 2.12 bits per heavy atom. The van der Waals surface area contributed by atoms with Gasteiger partial charge in [0.2, 0.25) is 0 Å². The minimum atomic E-state index is -3.72. The first kappa shape index (κ1) is 12.4. The van der Waals surface area contributed by atoms with Crippen molar-refractivity contribution in [1.29, 1.82) is 0 Å². The second-order valence-electron chi connectivity index (χ2n) is 3.44. The molecule has 0 aliphatic carbocycles. The number of aromatic nitrogens is 2. The molecule has 0 aliphatic heterocycles. The molecule has 0 amide bonds. The molecule has 0 radical (unpaired) electrons. The predicted octanol–water partition coefficient (Wildman–Crippen LogP) is 2.51. The molecule has 0 saturated carbocycles. The highest BCUT2D eigenvalue weighted by atomic mass is 35.7. The first-order valence-electron chi connectivity index (χ1n) is 4.67. The van der Waals surface area contributed by atoms with Gasteiger partial charge in [0.1, 0.15) is 4.90 Å². The van der Waals surface area contributed by atoms with E-state index in [2.05, 4.69) is 5.10 Å². The van der Waals surface area contributed by atoms with E-state index in [0.29, 0.717) is 11.6 Å². The van der Waals surface area contributed by atoms with E-state index in [0.717, 1.165) is 5.56 Å². The fourth-order valence-electron chi connectivity index (χ4n) is 1.38. The average Bonchev–Trinajstić information content (AvgIpc) is 2.65. The predicted molar refractivity (Wildman–Crippen MR) is 65.8 cm³/mol. The van der Waals surface area contributed by atoms with Crippen molar-refractivity contribution >= 4 is 31.3 Å². The first-order chi connectivity index (χ1) is 7.95. The zero-order valence-electron chi connectivity index (χ0n) is 8.55. The Hall–Kier alpha value is -1.04. The maximum atomic E-state index is 11.0. The quantitative estimate of drug-likeness (QED) is 0.816. The molecule has 0 bridgehead atoms. The lowest BCUT2D eigenvalue weighted by Crippen LogP contribution is -1.99. The van der Waals surface area contributed by atoms with Crippen molar-refractivity contribution in [2.45, 2.75) is 11.4 Å². The van der Waals surface area contributed by atoms with Crippen LogP contribution in [0.5, 0.6) is 0 Å². The molecule has 1 aromatic heterocycles. The fourth-order valence-corrected chi connectivity index (χ4v) is 2.25. The fraction of sp³-hybridized carbons (Fsp3) is 0.100. The van der Waals surface area contributed by atoms with E-state index in [1.165, 1.54) is 17.1 Å². The van der Waals surface area contributed by atoms with Crippen LogP contribution in [-0.2, 0) is 15.6 Å². The lowest BCUT2D eigenvalue weighted by molar-refractivity contribution is 0.609. The number of halogens is 2. The van der Waals surface area contributed by atoms with E-state index in [1.807, 2.05) is 12.1 Å². The Bertz CT molecular complexity index is 637. The van der Waals surface area contributed by atoms with E-state index >= 15 is 0 Å². The summed E-state index contributed by atoms with van der Waals surface area (Å²) in [5.74, 6) is 0. The Balaban J connectivity index is 2.23. The third kappa shape index (κ3) is 3.21. The molecule has 7 heteroatoms. The number of hydrogen-bond acceptors (Lipinski definition) is 3. The van der Waals surface area contributed by atoms with Crippen LogP contribution in [0.3, 0.4) is 0 Å². The van der Waals surface area contributed by atoms with Gasteiger partial charge in [-0.25, -0.2) is 8.42 Å². The molecule has 4 nitrogen and oxygen atoms in total. The van der Waals surface area contributed by atoms with Gasteiger partial charge in [0.25, 0.3) is 9.05 Å². The third-order valence-electron chi connectivity index (χ3n) is 2.12. The molecule has 0 atom stereocenters. The van der Waals surface area contributed by atoms with Crippen LogP contribution >= 0.6 is 22.3 Å². The largest absolute Gasteiger partial charge is 0.267 e. The van der Waals surface area contributed by atoms with Crippen molar-refractivity contribution in [3.63, 3.8) is 0 Å². The summed E-state index contributed by atoms with van der Waals surface area (Å²) in [6.45, 7) is 0.437. The molecule has 1 heterocycles. The van der Waals surface area contributed by atoms with Crippen LogP contribution in [0.15, 0.2) is 41.6 Å². The van der Waals surface area contributed by atoms with Crippen molar-refractivity contribution in [3.8, 4) is 0 Å². The van der Waals surface area contributed by atoms with E-state index in [1.54, 1.807) is 12.1 Å². The van der Waals surface area contributed by atoms with E-state index in [9.17, 15) is 8.42 Å². The number of hydrogen-bond donors (Lipinski definition) is 0. The lowest BCUT2D eigenvalue weighted by Gasteiger charge is -2.01. The monoisotopic (exact) mass is 290 g/mol. The van der Waals surface area contributed by atoms with Crippen molar-refractivity contribution in [2.24, 2.45) is 0 Å². The van der Waals surface area contributed by atoms with Gasteiger partial charge in [-0.2, -0.15) is 5.10 Å². The maximum absolute atomic E-state index is 11.0. The summed E-state index contributed by atoms with van der Waals surface area (Å²) in [6, 6.07) is 7.25. The van der Waals surface area contributed by atoms with Gasteiger partial charge in [-0.05, 0) is 17.7 Å². The van der Waals surface area contributed by atoms with Gasteiger partial charge in [0.15, 0.2) is 0 Å². The highest BCUT2D eigenvalue weighted by Crippen LogP contribution is 2.15. The summed E-state index contributed by atoms with van der Waals surface area (Å²) in [7, 11) is 1.48. The van der Waals surface area contributed by atoms with E-state index < -0.39 is 9.05 Å². The van der Waals surface area contributed by atoms with E-state index in [-0.39, 0.29) is 4.90 Å². The topological polar surface area (TPSA) is 52.0 Å². The van der Waals surface area contributed by atoms with Gasteiger partial charge < -0.3 is 0 Å². The number of nitrogens with zero attached hydrogens (tertiary/aromatic N) is 2. The molecule has 0 spiro atoms. The summed E-state index contributed by atoms with van der Waals surface area (Å²) in [4.78, 5) is -0.0128. The van der Waals surface area contributed by atoms with Crippen molar-refractivity contribution < 1.29 is 8.42 Å². The highest BCUT2D eigenvalue weighted by molar-refractivity contribution is 8.13. The summed E-state index contributed by atoms with van der Waals surface area (Å²) in [6.07, 6.45) is 2.59. The van der Waals surface area contributed by atoms with Gasteiger partial charge >= 0.3 is 0 Å². The van der Waals surface area contributed by atoms with Gasteiger partial charge in [0, 0.05) is 21.9 Å². The molecular formula is C10H8Cl2N2O2S. The Labute approximate surface area is 108 Å². The first-order valence-corrected chi connectivity index (χ1v) is 7.35. The summed E-state index contributed by atoms with van der Waals surface area (Å²) in [5.41, 5.74) is 0.930. The minimum Gasteiger partial charge on any atom is -0.267 e. The van der Waals surface area contributed by atoms with Crippen molar-refractivity contribution in [3.05, 3.63) is 47.2 Å². The molecule has 17 heavy (non-hydrogen) atoms. The van der Waals surface area contributed by atoms with Crippen LogP contribution in [0.25, 0.3) is 0 Å². The molecule has 0 aliphatic rings. The zero-order chi connectivity index (χ0) is 12.5. The molecule has 90 valence electrons. The molecule has 2 rings (SSSR count). The molecule has 1 aromatic carbocycles. The van der Waals surface area contributed by atoms with E-state index in [4.69, 9.17) is 22.3 Å². The van der Waals surface area contributed by atoms with Crippen LogP contribution in [0, 0.1) is 0 Å². The third-order valence-corrected chi connectivity index (χ3v) is 3.67. The van der Waals surface area contributed by atoms with Gasteiger partial charge in [0.05, 0.1) is 12.7 Å². The maximum Gasteiger partial charge on any atom is 0.264 e. The Morgan fingerprint density at radius 3 is 2.71 bits per heavy atom. The lowest BCUT2D eigenvalue weighted by atomic mass is 10.2. The molecule has 0 N–H and O–H groups in total. The molecule has 0 fully saturated rings. The minimum absolute atomic E-state index is 0.0128. The smallest absolute Gasteiger partial charge is 0.264 e. The Kier molecular flexibility index (Phi) is 3.42. The summed E-state index contributed by atoms with van der Waals surface area (Å²) < 4.78 is 23.6. The normalized spacial score (nSPS) is 11.6. The number of rotatable bonds is 3. The summed E-state index contributed by atoms with van der Waals surface area (Å²) >= 11 is 5.84. The van der Waals surface area contributed by atoms with Crippen molar-refractivity contribution in [2.75, 3.05) is 0 Å². The number of benzene rings is 1. The molecular weight excluding hydrogens is 283 g/mol. The average molecular weight is 291 g/mol. The van der Waals surface area contributed by atoms with Crippen LogP contribution in [0.4, 0.5) is 0 Å². The highest BCUT2D eigenvalue weighted by Gasteiger charge is 2.12. The van der Waals surface area contributed by atoms with Gasteiger partial charge in [-0.3, -0.25) is 4.68 Å². The summed E-state index contributed by atoms with van der Waals surface area (Å²) in [5, 5.41) is 4.54. The standard InChI is InChI=1S/C10H8Cl2N2O2S/c11-9-3-1-2-8(4-9)6-14-7-10(5-13-14)17(12,15)16/h1-5,7H,6H2. The van der Waals surface area contributed by atoms with Crippen molar-refractivity contribution in [1.82, 2.24) is 9.78 Å². The van der Waals surface area contributed by atoms with Crippen LogP contribution in [0.2, 0.25) is 5.02 Å². The second-order valence-corrected chi connectivity index (χ2v) is 6.44. The molecule has 0 unspecified atom stereocenters. The Morgan fingerprint density at radius 1 is 1.35 bits per heavy atom. The van der Waals surface area contributed by atoms with Gasteiger partial charge in [-0.1, -0.05) is 23.7 Å². The molecule has 0 saturated heterocycles. The van der Waals surface area contributed by atoms with Gasteiger partial charge in [-0.15, -0.1) is 0 Å². The SMILES string of the molecule is O=S(=O)(Cl)c1cnn(Cc2cccc(Cl)c2)c1.